The molecule has 0 unspecified atom stereocenters. The van der Waals surface area contributed by atoms with Crippen LogP contribution in [0.25, 0.3) is 0 Å². The maximum atomic E-state index is 12.4. The highest BCUT2D eigenvalue weighted by Gasteiger charge is 2.13. The van der Waals surface area contributed by atoms with Crippen LogP contribution in [-0.4, -0.2) is 27.2 Å². The first kappa shape index (κ1) is 22.0. The lowest BCUT2D eigenvalue weighted by Crippen LogP contribution is -2.14. The van der Waals surface area contributed by atoms with Crippen molar-refractivity contribution in [2.24, 2.45) is 0 Å². The summed E-state index contributed by atoms with van der Waals surface area (Å²) >= 11 is 7.29. The van der Waals surface area contributed by atoms with E-state index >= 15 is 0 Å². The van der Waals surface area contributed by atoms with E-state index in [0.29, 0.717) is 22.1 Å². The Balaban J connectivity index is 1.57. The molecule has 0 bridgehead atoms. The van der Waals surface area contributed by atoms with Gasteiger partial charge >= 0.3 is 0 Å². The largest absolute Gasteiger partial charge is 0.495 e. The topological polar surface area (TPSA) is 84.5 Å². The number of amides is 1. The molecule has 0 aliphatic rings. The van der Waals surface area contributed by atoms with Gasteiger partial charge in [0.15, 0.2) is 0 Å². The summed E-state index contributed by atoms with van der Waals surface area (Å²) in [5, 5.41) is 3.27. The Kier molecular flexibility index (Phi) is 7.25. The summed E-state index contributed by atoms with van der Waals surface area (Å²) < 4.78 is 32.5. The number of carbonyl (C=O) groups is 1. The SMILES string of the molecule is COc1ccc(Cl)cc1NC(=O)CSc1ccc(NS(=O)(=O)c2ccccc2)cc1. The predicted molar refractivity (Wildman–Crippen MR) is 121 cm³/mol. The van der Waals surface area contributed by atoms with E-state index in [1.54, 1.807) is 60.7 Å². The molecule has 0 saturated heterocycles. The molecule has 1 amide bonds. The van der Waals surface area contributed by atoms with Gasteiger partial charge in [-0.25, -0.2) is 8.42 Å². The van der Waals surface area contributed by atoms with Crippen LogP contribution >= 0.6 is 23.4 Å². The van der Waals surface area contributed by atoms with E-state index in [9.17, 15) is 13.2 Å². The summed E-state index contributed by atoms with van der Waals surface area (Å²) in [5.41, 5.74) is 0.942. The lowest BCUT2D eigenvalue weighted by Gasteiger charge is -2.11. The van der Waals surface area contributed by atoms with Gasteiger partial charge in [-0.15, -0.1) is 11.8 Å². The lowest BCUT2D eigenvalue weighted by atomic mass is 10.3. The molecule has 3 rings (SSSR count). The number of hydrogen-bond acceptors (Lipinski definition) is 5. The number of nitrogens with one attached hydrogen (secondary N) is 2. The van der Waals surface area contributed by atoms with Crippen molar-refractivity contribution in [3.63, 3.8) is 0 Å². The smallest absolute Gasteiger partial charge is 0.261 e. The molecule has 0 atom stereocenters. The van der Waals surface area contributed by atoms with Gasteiger partial charge in [0.1, 0.15) is 5.75 Å². The van der Waals surface area contributed by atoms with Gasteiger partial charge in [0.2, 0.25) is 5.91 Å². The van der Waals surface area contributed by atoms with Crippen molar-refractivity contribution in [1.29, 1.82) is 0 Å². The Hall–Kier alpha value is -2.68. The number of hydrogen-bond donors (Lipinski definition) is 2. The highest BCUT2D eigenvalue weighted by molar-refractivity contribution is 8.00. The quantitative estimate of drug-likeness (QED) is 0.466. The van der Waals surface area contributed by atoms with Crippen LogP contribution in [0.15, 0.2) is 82.6 Å². The molecule has 0 fully saturated rings. The number of thioether (sulfide) groups is 1. The fourth-order valence-corrected chi connectivity index (χ4v) is 4.50. The molecular formula is C21H19ClN2O4S2. The third-order valence-corrected chi connectivity index (χ3v) is 6.61. The standard InChI is InChI=1S/C21H19ClN2O4S2/c1-28-20-12-7-15(22)13-19(20)23-21(25)14-29-17-10-8-16(9-11-17)24-30(26,27)18-5-3-2-4-6-18/h2-13,24H,14H2,1H3,(H,23,25). The predicted octanol–water partition coefficient (Wildman–Crippen LogP) is 4.88. The molecule has 0 aliphatic heterocycles. The minimum absolute atomic E-state index is 0.171. The zero-order valence-corrected chi connectivity index (χ0v) is 18.4. The fourth-order valence-electron chi connectivity index (χ4n) is 2.55. The van der Waals surface area contributed by atoms with Gasteiger partial charge in [-0.2, -0.15) is 0 Å². The van der Waals surface area contributed by atoms with Crippen molar-refractivity contribution in [1.82, 2.24) is 0 Å². The Labute approximate surface area is 184 Å². The number of halogens is 1. The fraction of sp³-hybridized carbons (Fsp3) is 0.0952. The second kappa shape index (κ2) is 9.88. The normalized spacial score (nSPS) is 11.0. The molecule has 3 aromatic rings. The molecule has 156 valence electrons. The number of ether oxygens (including phenoxy) is 1. The van der Waals surface area contributed by atoms with E-state index in [4.69, 9.17) is 16.3 Å². The summed E-state index contributed by atoms with van der Waals surface area (Å²) in [5.74, 6) is 0.479. The molecule has 9 heteroatoms. The van der Waals surface area contributed by atoms with Crippen LogP contribution in [0.2, 0.25) is 5.02 Å². The van der Waals surface area contributed by atoms with Crippen LogP contribution in [0.3, 0.4) is 0 Å². The number of methoxy groups -OCH3 is 1. The van der Waals surface area contributed by atoms with Gasteiger partial charge in [0.25, 0.3) is 10.0 Å². The zero-order chi connectivity index (χ0) is 21.6. The first-order chi connectivity index (χ1) is 14.4. The molecular weight excluding hydrogens is 444 g/mol. The monoisotopic (exact) mass is 462 g/mol. The van der Waals surface area contributed by atoms with Crippen LogP contribution in [0.5, 0.6) is 5.75 Å². The van der Waals surface area contributed by atoms with E-state index in [2.05, 4.69) is 10.0 Å². The molecule has 0 aliphatic carbocycles. The van der Waals surface area contributed by atoms with Crippen molar-refractivity contribution < 1.29 is 17.9 Å². The average Bonchev–Trinajstić information content (AvgIpc) is 2.74. The average molecular weight is 463 g/mol. The molecule has 0 saturated carbocycles. The highest BCUT2D eigenvalue weighted by atomic mass is 35.5. The van der Waals surface area contributed by atoms with Gasteiger partial charge < -0.3 is 10.1 Å². The Morgan fingerprint density at radius 1 is 1.03 bits per heavy atom. The molecule has 0 aromatic heterocycles. The number of sulfonamides is 1. The van der Waals surface area contributed by atoms with Crippen LogP contribution in [-0.2, 0) is 14.8 Å². The Bertz CT molecular complexity index is 1120. The van der Waals surface area contributed by atoms with Gasteiger partial charge in [-0.3, -0.25) is 9.52 Å². The first-order valence-electron chi connectivity index (χ1n) is 8.81. The third kappa shape index (κ3) is 5.91. The lowest BCUT2D eigenvalue weighted by molar-refractivity contribution is -0.113. The third-order valence-electron chi connectivity index (χ3n) is 3.97. The highest BCUT2D eigenvalue weighted by Crippen LogP contribution is 2.28. The summed E-state index contributed by atoms with van der Waals surface area (Å²) in [7, 11) is -2.13. The summed E-state index contributed by atoms with van der Waals surface area (Å²) in [6, 6.07) is 19.9. The minimum atomic E-state index is -3.64. The second-order valence-corrected chi connectivity index (χ2v) is 9.29. The number of benzene rings is 3. The summed E-state index contributed by atoms with van der Waals surface area (Å²) in [6.45, 7) is 0. The zero-order valence-electron chi connectivity index (χ0n) is 16.0. The Morgan fingerprint density at radius 3 is 2.40 bits per heavy atom. The van der Waals surface area contributed by atoms with Crippen molar-refractivity contribution in [3.05, 3.63) is 77.8 Å². The van der Waals surface area contributed by atoms with E-state index in [1.807, 2.05) is 0 Å². The molecule has 3 aromatic carbocycles. The molecule has 0 radical (unpaired) electrons. The maximum absolute atomic E-state index is 12.4. The van der Waals surface area contributed by atoms with Gasteiger partial charge in [0, 0.05) is 15.6 Å². The van der Waals surface area contributed by atoms with Crippen molar-refractivity contribution in [2.75, 3.05) is 22.9 Å². The van der Waals surface area contributed by atoms with Gasteiger partial charge in [0.05, 0.1) is 23.4 Å². The van der Waals surface area contributed by atoms with Crippen molar-refractivity contribution in [2.45, 2.75) is 9.79 Å². The van der Waals surface area contributed by atoms with Crippen molar-refractivity contribution >= 4 is 50.7 Å². The van der Waals surface area contributed by atoms with Crippen molar-refractivity contribution in [3.8, 4) is 5.75 Å². The van der Waals surface area contributed by atoms with Crippen LogP contribution < -0.4 is 14.8 Å². The second-order valence-electron chi connectivity index (χ2n) is 6.12. The van der Waals surface area contributed by atoms with Crippen LogP contribution in [0, 0.1) is 0 Å². The molecule has 2 N–H and O–H groups in total. The first-order valence-corrected chi connectivity index (χ1v) is 11.7. The number of rotatable bonds is 8. The Morgan fingerprint density at radius 2 is 1.73 bits per heavy atom. The summed E-state index contributed by atoms with van der Waals surface area (Å²) in [4.78, 5) is 13.3. The van der Waals surface area contributed by atoms with E-state index in [0.717, 1.165) is 4.90 Å². The molecule has 30 heavy (non-hydrogen) atoms. The maximum Gasteiger partial charge on any atom is 0.261 e. The number of anilines is 2. The van der Waals surface area contributed by atoms with E-state index in [1.165, 1.54) is 31.0 Å². The van der Waals surface area contributed by atoms with Crippen LogP contribution in [0.4, 0.5) is 11.4 Å². The molecule has 0 heterocycles. The van der Waals surface area contributed by atoms with Gasteiger partial charge in [-0.05, 0) is 54.6 Å². The number of carbonyl (C=O) groups excluding carboxylic acids is 1. The molecule has 0 spiro atoms. The van der Waals surface area contributed by atoms with Crippen LogP contribution in [0.1, 0.15) is 0 Å². The minimum Gasteiger partial charge on any atom is -0.495 e. The summed E-state index contributed by atoms with van der Waals surface area (Å²) in [6.07, 6.45) is 0. The van der Waals surface area contributed by atoms with Gasteiger partial charge in [-0.1, -0.05) is 29.8 Å². The van der Waals surface area contributed by atoms with E-state index < -0.39 is 10.0 Å². The molecule has 6 nitrogen and oxygen atoms in total. The van der Waals surface area contributed by atoms with E-state index in [-0.39, 0.29) is 16.6 Å².